The van der Waals surface area contributed by atoms with Crippen molar-refractivity contribution in [3.05, 3.63) is 29.7 Å². The smallest absolute Gasteiger partial charge is 0.240 e. The molecule has 1 aliphatic carbocycles. The fraction of sp³-hybridized carbons (Fsp3) is 0.615. The Balaban J connectivity index is 1.47. The molecule has 0 saturated heterocycles. The van der Waals surface area contributed by atoms with E-state index in [1.807, 2.05) is 24.0 Å². The molecule has 1 saturated carbocycles. The molecule has 0 radical (unpaired) electrons. The predicted molar refractivity (Wildman–Crippen MR) is 69.5 cm³/mol. The molecule has 6 heteroatoms. The standard InChI is InChI=1S/C13H19N5O/c1-9-5-15-18(7-9)8-10(2)14-6-12-16-13(17-19-12)11-3-4-11/h5,7,10-11,14H,3-4,6,8H2,1-2H3. The predicted octanol–water partition coefficient (Wildman–Crippen LogP) is 1.63. The molecule has 1 unspecified atom stereocenters. The molecular weight excluding hydrogens is 242 g/mol. The van der Waals surface area contributed by atoms with E-state index in [-0.39, 0.29) is 0 Å². The van der Waals surface area contributed by atoms with Crippen LogP contribution >= 0.6 is 0 Å². The summed E-state index contributed by atoms with van der Waals surface area (Å²) in [6.45, 7) is 5.60. The van der Waals surface area contributed by atoms with Crippen molar-refractivity contribution in [3.63, 3.8) is 0 Å². The van der Waals surface area contributed by atoms with E-state index in [4.69, 9.17) is 4.52 Å². The molecule has 2 aromatic heterocycles. The average Bonchev–Trinajstić information content (AvgIpc) is 2.99. The van der Waals surface area contributed by atoms with Crippen LogP contribution in [0.1, 0.15) is 43.0 Å². The molecule has 0 aromatic carbocycles. The second kappa shape index (κ2) is 5.13. The Kier molecular flexibility index (Phi) is 3.33. The van der Waals surface area contributed by atoms with Crippen LogP contribution in [0, 0.1) is 6.92 Å². The quantitative estimate of drug-likeness (QED) is 0.856. The van der Waals surface area contributed by atoms with Crippen molar-refractivity contribution in [1.29, 1.82) is 0 Å². The molecule has 19 heavy (non-hydrogen) atoms. The van der Waals surface area contributed by atoms with E-state index in [9.17, 15) is 0 Å². The third-order valence-corrected chi connectivity index (χ3v) is 3.25. The lowest BCUT2D eigenvalue weighted by Crippen LogP contribution is -2.30. The molecule has 1 aliphatic rings. The van der Waals surface area contributed by atoms with Gasteiger partial charge < -0.3 is 9.84 Å². The summed E-state index contributed by atoms with van der Waals surface area (Å²) in [6.07, 6.45) is 6.30. The average molecular weight is 261 g/mol. The zero-order chi connectivity index (χ0) is 13.2. The molecule has 0 bridgehead atoms. The van der Waals surface area contributed by atoms with E-state index in [1.54, 1.807) is 0 Å². The Labute approximate surface area is 112 Å². The molecule has 2 heterocycles. The molecule has 102 valence electrons. The lowest BCUT2D eigenvalue weighted by molar-refractivity contribution is 0.347. The van der Waals surface area contributed by atoms with Crippen molar-refractivity contribution >= 4 is 0 Å². The summed E-state index contributed by atoms with van der Waals surface area (Å²) < 4.78 is 7.17. The van der Waals surface area contributed by atoms with E-state index < -0.39 is 0 Å². The fourth-order valence-corrected chi connectivity index (χ4v) is 2.02. The van der Waals surface area contributed by atoms with Crippen molar-refractivity contribution in [3.8, 4) is 0 Å². The van der Waals surface area contributed by atoms with Gasteiger partial charge >= 0.3 is 0 Å². The first-order valence-corrected chi connectivity index (χ1v) is 6.75. The van der Waals surface area contributed by atoms with Gasteiger partial charge in [-0.1, -0.05) is 5.16 Å². The molecule has 1 N–H and O–H groups in total. The van der Waals surface area contributed by atoms with Gasteiger partial charge in [0.15, 0.2) is 5.82 Å². The molecule has 2 aromatic rings. The van der Waals surface area contributed by atoms with Gasteiger partial charge in [-0.25, -0.2) is 0 Å². The number of hydrogen-bond acceptors (Lipinski definition) is 5. The highest BCUT2D eigenvalue weighted by Gasteiger charge is 2.28. The van der Waals surface area contributed by atoms with Crippen molar-refractivity contribution in [2.24, 2.45) is 0 Å². The second-order valence-corrected chi connectivity index (χ2v) is 5.34. The lowest BCUT2D eigenvalue weighted by atomic mass is 10.3. The molecule has 0 spiro atoms. The topological polar surface area (TPSA) is 68.8 Å². The Bertz CT molecular complexity index is 543. The van der Waals surface area contributed by atoms with E-state index in [0.29, 0.717) is 24.4 Å². The zero-order valence-corrected chi connectivity index (χ0v) is 11.3. The van der Waals surface area contributed by atoms with E-state index in [2.05, 4.69) is 27.5 Å². The summed E-state index contributed by atoms with van der Waals surface area (Å²) in [6, 6.07) is 0.301. The van der Waals surface area contributed by atoms with Crippen LogP contribution in [-0.2, 0) is 13.1 Å². The van der Waals surface area contributed by atoms with Crippen LogP contribution in [0.4, 0.5) is 0 Å². The van der Waals surface area contributed by atoms with Crippen LogP contribution in [0.2, 0.25) is 0 Å². The highest BCUT2D eigenvalue weighted by molar-refractivity contribution is 5.03. The SMILES string of the molecule is Cc1cnn(CC(C)NCc2nc(C3CC3)no2)c1. The molecule has 3 rings (SSSR count). The molecule has 1 fully saturated rings. The Morgan fingerprint density at radius 3 is 3.05 bits per heavy atom. The number of nitrogens with one attached hydrogen (secondary N) is 1. The normalized spacial score (nSPS) is 16.7. The van der Waals surface area contributed by atoms with Gasteiger partial charge in [0, 0.05) is 18.2 Å². The largest absolute Gasteiger partial charge is 0.338 e. The van der Waals surface area contributed by atoms with Gasteiger partial charge in [-0.3, -0.25) is 4.68 Å². The summed E-state index contributed by atoms with van der Waals surface area (Å²) in [5.41, 5.74) is 1.18. The van der Waals surface area contributed by atoms with Gasteiger partial charge in [-0.2, -0.15) is 10.1 Å². The first kappa shape index (κ1) is 12.3. The first-order chi connectivity index (χ1) is 9.20. The Morgan fingerprint density at radius 1 is 1.53 bits per heavy atom. The number of aryl methyl sites for hydroxylation is 1. The number of aromatic nitrogens is 4. The van der Waals surface area contributed by atoms with Gasteiger partial charge in [0.2, 0.25) is 5.89 Å². The minimum Gasteiger partial charge on any atom is -0.338 e. The summed E-state index contributed by atoms with van der Waals surface area (Å²) in [4.78, 5) is 4.39. The van der Waals surface area contributed by atoms with Crippen LogP contribution < -0.4 is 5.32 Å². The Hall–Kier alpha value is -1.69. The Morgan fingerprint density at radius 2 is 2.37 bits per heavy atom. The first-order valence-electron chi connectivity index (χ1n) is 6.75. The third kappa shape index (κ3) is 3.20. The minimum absolute atomic E-state index is 0.301. The van der Waals surface area contributed by atoms with Crippen molar-refractivity contribution in [1.82, 2.24) is 25.2 Å². The number of nitrogens with zero attached hydrogens (tertiary/aromatic N) is 4. The number of hydrogen-bond donors (Lipinski definition) is 1. The highest BCUT2D eigenvalue weighted by Crippen LogP contribution is 2.37. The minimum atomic E-state index is 0.301. The summed E-state index contributed by atoms with van der Waals surface area (Å²) >= 11 is 0. The van der Waals surface area contributed by atoms with Crippen molar-refractivity contribution in [2.75, 3.05) is 0 Å². The van der Waals surface area contributed by atoms with E-state index >= 15 is 0 Å². The second-order valence-electron chi connectivity index (χ2n) is 5.34. The zero-order valence-electron chi connectivity index (χ0n) is 11.3. The third-order valence-electron chi connectivity index (χ3n) is 3.25. The van der Waals surface area contributed by atoms with Crippen molar-refractivity contribution in [2.45, 2.75) is 51.7 Å². The van der Waals surface area contributed by atoms with Gasteiger partial charge in [0.05, 0.1) is 19.3 Å². The summed E-state index contributed by atoms with van der Waals surface area (Å²) in [5.74, 6) is 2.08. The maximum atomic E-state index is 5.22. The van der Waals surface area contributed by atoms with Crippen LogP contribution in [0.3, 0.4) is 0 Å². The maximum absolute atomic E-state index is 5.22. The fourth-order valence-electron chi connectivity index (χ4n) is 2.02. The van der Waals surface area contributed by atoms with E-state index in [1.165, 1.54) is 18.4 Å². The monoisotopic (exact) mass is 261 g/mol. The molecule has 0 amide bonds. The van der Waals surface area contributed by atoms with Crippen LogP contribution in [0.5, 0.6) is 0 Å². The maximum Gasteiger partial charge on any atom is 0.240 e. The lowest BCUT2D eigenvalue weighted by Gasteiger charge is -2.11. The van der Waals surface area contributed by atoms with Gasteiger partial charge in [0.1, 0.15) is 0 Å². The highest BCUT2D eigenvalue weighted by atomic mass is 16.5. The van der Waals surface area contributed by atoms with Crippen LogP contribution in [-0.4, -0.2) is 26.0 Å². The molecule has 6 nitrogen and oxygen atoms in total. The molecule has 0 aliphatic heterocycles. The van der Waals surface area contributed by atoms with E-state index in [0.717, 1.165) is 12.4 Å². The number of rotatable bonds is 6. The molecule has 1 atom stereocenters. The molecular formula is C13H19N5O. The summed E-state index contributed by atoms with van der Waals surface area (Å²) in [5, 5.41) is 11.6. The van der Waals surface area contributed by atoms with Gasteiger partial charge in [-0.05, 0) is 32.3 Å². The van der Waals surface area contributed by atoms with Crippen molar-refractivity contribution < 1.29 is 4.52 Å². The summed E-state index contributed by atoms with van der Waals surface area (Å²) in [7, 11) is 0. The van der Waals surface area contributed by atoms with Gasteiger partial charge in [-0.15, -0.1) is 0 Å². The van der Waals surface area contributed by atoms with Crippen LogP contribution in [0.25, 0.3) is 0 Å². The van der Waals surface area contributed by atoms with Gasteiger partial charge in [0.25, 0.3) is 0 Å². The van der Waals surface area contributed by atoms with Crippen LogP contribution in [0.15, 0.2) is 16.9 Å².